The number of Topliss-reactive ketones (excluding diaryl/α,β-unsaturated/α-hetero) is 1. The van der Waals surface area contributed by atoms with E-state index in [-0.39, 0.29) is 23.7 Å². The summed E-state index contributed by atoms with van der Waals surface area (Å²) in [6.07, 6.45) is 2.71. The summed E-state index contributed by atoms with van der Waals surface area (Å²) in [5, 5.41) is 6.24. The van der Waals surface area contributed by atoms with Gasteiger partial charge in [0.05, 0.1) is 18.6 Å². The van der Waals surface area contributed by atoms with Crippen LogP contribution in [0.2, 0.25) is 0 Å². The normalized spacial score (nSPS) is 18.5. The summed E-state index contributed by atoms with van der Waals surface area (Å²) in [6.45, 7) is 6.21. The van der Waals surface area contributed by atoms with Crippen LogP contribution in [0.5, 0.6) is 11.5 Å². The Morgan fingerprint density at radius 1 is 1.11 bits per heavy atom. The first kappa shape index (κ1) is 25.3. The molecule has 1 aromatic carbocycles. The number of amides is 1. The monoisotopic (exact) mass is 513 g/mol. The van der Waals surface area contributed by atoms with Crippen molar-refractivity contribution in [3.05, 3.63) is 94.9 Å². The minimum absolute atomic E-state index is 0.0109. The molecular formula is C30H31N3O5. The van der Waals surface area contributed by atoms with Gasteiger partial charge in [-0.05, 0) is 67.3 Å². The first-order chi connectivity index (χ1) is 18.2. The minimum Gasteiger partial charge on any atom is -0.497 e. The Morgan fingerprint density at radius 2 is 1.87 bits per heavy atom. The molecule has 0 saturated carbocycles. The molecular weight excluding hydrogens is 482 g/mol. The average Bonchev–Trinajstić information content (AvgIpc) is 3.35. The number of carbonyl (C=O) groups excluding carboxylic acids is 2. The molecule has 0 bridgehead atoms. The highest BCUT2D eigenvalue weighted by Gasteiger charge is 2.44. The summed E-state index contributed by atoms with van der Waals surface area (Å²) in [4.78, 5) is 31.3. The Labute approximate surface area is 221 Å². The molecule has 0 radical (unpaired) electrons. The lowest BCUT2D eigenvalue weighted by Gasteiger charge is -2.38. The van der Waals surface area contributed by atoms with Crippen LogP contribution in [-0.4, -0.2) is 23.8 Å². The summed E-state index contributed by atoms with van der Waals surface area (Å²) >= 11 is 0. The van der Waals surface area contributed by atoms with Gasteiger partial charge in [0.1, 0.15) is 35.4 Å². The number of ether oxygens (including phenoxy) is 2. The molecule has 0 saturated heterocycles. The van der Waals surface area contributed by atoms with Crippen molar-refractivity contribution < 1.29 is 23.5 Å². The molecule has 8 heteroatoms. The fourth-order valence-electron chi connectivity index (χ4n) is 5.10. The van der Waals surface area contributed by atoms with Crippen LogP contribution in [0.4, 0.5) is 5.82 Å². The van der Waals surface area contributed by atoms with Crippen LogP contribution in [0.25, 0.3) is 0 Å². The van der Waals surface area contributed by atoms with Crippen molar-refractivity contribution in [2.75, 3.05) is 12.4 Å². The van der Waals surface area contributed by atoms with Gasteiger partial charge >= 0.3 is 0 Å². The standard InChI is InChI=1S/C30H31N3O5/c1-18-26(29(35)33-25-7-5-6-14-31-25)28(27-22(32-18)15-30(2,3)16-23(27)34)24-13-12-21(38-24)17-37-20-10-8-19(36-4)9-11-20/h5-14,28,32H,15-17H2,1-4H3,(H,31,33,35). The first-order valence-electron chi connectivity index (χ1n) is 12.6. The number of nitrogens with one attached hydrogen (secondary N) is 2. The quantitative estimate of drug-likeness (QED) is 0.430. The molecule has 2 aromatic heterocycles. The third-order valence-corrected chi connectivity index (χ3v) is 6.80. The predicted molar refractivity (Wildman–Crippen MR) is 143 cm³/mol. The van der Waals surface area contributed by atoms with Crippen molar-refractivity contribution in [2.45, 2.75) is 46.1 Å². The van der Waals surface area contributed by atoms with Gasteiger partial charge in [0.25, 0.3) is 5.91 Å². The van der Waals surface area contributed by atoms with Crippen molar-refractivity contribution in [3.63, 3.8) is 0 Å². The lowest BCUT2D eigenvalue weighted by molar-refractivity contribution is -0.118. The third-order valence-electron chi connectivity index (χ3n) is 6.80. The molecule has 1 aliphatic carbocycles. The number of allylic oxidation sites excluding steroid dienone is 3. The highest BCUT2D eigenvalue weighted by molar-refractivity contribution is 6.09. The van der Waals surface area contributed by atoms with E-state index in [1.807, 2.05) is 43.3 Å². The molecule has 1 aliphatic heterocycles. The fourth-order valence-corrected chi connectivity index (χ4v) is 5.10. The zero-order chi connectivity index (χ0) is 26.9. The number of nitrogens with zero attached hydrogens (tertiary/aromatic N) is 1. The molecule has 0 fully saturated rings. The van der Waals surface area contributed by atoms with E-state index in [1.54, 1.807) is 31.5 Å². The van der Waals surface area contributed by atoms with E-state index < -0.39 is 5.92 Å². The van der Waals surface area contributed by atoms with Gasteiger partial charge in [0.2, 0.25) is 0 Å². The van der Waals surface area contributed by atoms with E-state index in [4.69, 9.17) is 13.9 Å². The fraction of sp³-hybridized carbons (Fsp3) is 0.300. The molecule has 1 atom stereocenters. The van der Waals surface area contributed by atoms with Crippen molar-refractivity contribution in [1.29, 1.82) is 0 Å². The number of aromatic nitrogens is 1. The predicted octanol–water partition coefficient (Wildman–Crippen LogP) is 5.50. The Morgan fingerprint density at radius 3 is 2.58 bits per heavy atom. The number of ketones is 1. The van der Waals surface area contributed by atoms with E-state index in [0.29, 0.717) is 52.8 Å². The lowest BCUT2D eigenvalue weighted by atomic mass is 9.69. The summed E-state index contributed by atoms with van der Waals surface area (Å²) < 4.78 is 17.3. The van der Waals surface area contributed by atoms with Gasteiger partial charge in [-0.3, -0.25) is 9.59 Å². The molecule has 2 N–H and O–H groups in total. The molecule has 0 spiro atoms. The average molecular weight is 514 g/mol. The zero-order valence-electron chi connectivity index (χ0n) is 22.0. The van der Waals surface area contributed by atoms with Gasteiger partial charge in [0, 0.05) is 29.6 Å². The zero-order valence-corrected chi connectivity index (χ0v) is 22.0. The largest absolute Gasteiger partial charge is 0.497 e. The number of hydrogen-bond donors (Lipinski definition) is 2. The highest BCUT2D eigenvalue weighted by Crippen LogP contribution is 2.47. The molecule has 3 aromatic rings. The van der Waals surface area contributed by atoms with Gasteiger partial charge in [-0.2, -0.15) is 0 Å². The maximum Gasteiger partial charge on any atom is 0.255 e. The smallest absolute Gasteiger partial charge is 0.255 e. The maximum atomic E-state index is 13.6. The van der Waals surface area contributed by atoms with E-state index in [9.17, 15) is 9.59 Å². The number of methoxy groups -OCH3 is 1. The summed E-state index contributed by atoms with van der Waals surface area (Å²) in [5.74, 6) is 1.98. The number of hydrogen-bond acceptors (Lipinski definition) is 7. The van der Waals surface area contributed by atoms with Crippen molar-refractivity contribution >= 4 is 17.5 Å². The molecule has 1 amide bonds. The van der Waals surface area contributed by atoms with Gasteiger partial charge in [-0.1, -0.05) is 19.9 Å². The van der Waals surface area contributed by atoms with Gasteiger partial charge in [-0.15, -0.1) is 0 Å². The molecule has 8 nitrogen and oxygen atoms in total. The molecule has 196 valence electrons. The van der Waals surface area contributed by atoms with Crippen LogP contribution in [0.15, 0.2) is 87.8 Å². The highest BCUT2D eigenvalue weighted by atomic mass is 16.5. The Bertz CT molecular complexity index is 1420. The number of anilines is 1. The van der Waals surface area contributed by atoms with Crippen molar-refractivity contribution in [1.82, 2.24) is 10.3 Å². The topological polar surface area (TPSA) is 103 Å². The van der Waals surface area contributed by atoms with E-state index in [0.717, 1.165) is 11.4 Å². The molecule has 5 rings (SSSR count). The number of benzene rings is 1. The van der Waals surface area contributed by atoms with Crippen molar-refractivity contribution in [3.8, 4) is 11.5 Å². The number of rotatable bonds is 7. The van der Waals surface area contributed by atoms with Gasteiger partial charge in [0.15, 0.2) is 5.78 Å². The first-order valence-corrected chi connectivity index (χ1v) is 12.6. The van der Waals surface area contributed by atoms with Crippen LogP contribution < -0.4 is 20.1 Å². The molecule has 1 unspecified atom stereocenters. The number of dihydropyridines is 1. The second kappa shape index (κ2) is 10.2. The van der Waals surface area contributed by atoms with Crippen LogP contribution in [-0.2, 0) is 16.2 Å². The van der Waals surface area contributed by atoms with Crippen LogP contribution in [0, 0.1) is 5.41 Å². The Hall–Kier alpha value is -4.33. The maximum absolute atomic E-state index is 13.6. The Kier molecular flexibility index (Phi) is 6.80. The number of pyridine rings is 1. The van der Waals surface area contributed by atoms with Gasteiger partial charge in [-0.25, -0.2) is 4.98 Å². The van der Waals surface area contributed by atoms with Crippen LogP contribution >= 0.6 is 0 Å². The lowest BCUT2D eigenvalue weighted by Crippen LogP contribution is -2.39. The second-order valence-corrected chi connectivity index (χ2v) is 10.4. The second-order valence-electron chi connectivity index (χ2n) is 10.4. The Balaban J connectivity index is 1.46. The van der Waals surface area contributed by atoms with Crippen LogP contribution in [0.1, 0.15) is 51.1 Å². The number of furan rings is 1. The molecule has 3 heterocycles. The van der Waals surface area contributed by atoms with E-state index >= 15 is 0 Å². The summed E-state index contributed by atoms with van der Waals surface area (Å²) in [6, 6.07) is 16.2. The number of carbonyl (C=O) groups is 2. The van der Waals surface area contributed by atoms with Gasteiger partial charge < -0.3 is 24.5 Å². The van der Waals surface area contributed by atoms with Crippen LogP contribution in [0.3, 0.4) is 0 Å². The van der Waals surface area contributed by atoms with Crippen molar-refractivity contribution in [2.24, 2.45) is 5.41 Å². The summed E-state index contributed by atoms with van der Waals surface area (Å²) in [5.41, 5.74) is 2.36. The molecule has 2 aliphatic rings. The van der Waals surface area contributed by atoms with E-state index in [1.165, 1.54) is 0 Å². The summed E-state index contributed by atoms with van der Waals surface area (Å²) in [7, 11) is 1.61. The molecule has 38 heavy (non-hydrogen) atoms. The SMILES string of the molecule is COc1ccc(OCc2ccc(C3C(C(=O)Nc4ccccn4)=C(C)NC4=C3C(=O)CC(C)(C)C4)o2)cc1. The minimum atomic E-state index is -0.645. The van der Waals surface area contributed by atoms with E-state index in [2.05, 4.69) is 29.5 Å². The third kappa shape index (κ3) is 5.20.